The monoisotopic (exact) mass is 318 g/mol. The zero-order valence-corrected chi connectivity index (χ0v) is 11.7. The van der Waals surface area contributed by atoms with Gasteiger partial charge in [-0.3, -0.25) is 0 Å². The summed E-state index contributed by atoms with van der Waals surface area (Å²) in [6, 6.07) is 3.29. The first kappa shape index (κ1) is 13.9. The van der Waals surface area contributed by atoms with Crippen LogP contribution in [0.4, 0.5) is 8.78 Å². The molecule has 0 atom stereocenters. The molecule has 0 saturated heterocycles. The van der Waals surface area contributed by atoms with Gasteiger partial charge in [-0.1, -0.05) is 15.9 Å². The number of rotatable bonds is 7. The molecule has 100 valence electrons. The molecule has 2 rings (SSSR count). The number of hydrogen-bond donors (Lipinski definition) is 2. The first-order valence-electron chi connectivity index (χ1n) is 6.24. The number of hydrogen-bond acceptors (Lipinski definition) is 2. The molecule has 0 aromatic heterocycles. The van der Waals surface area contributed by atoms with E-state index in [1.807, 2.05) is 0 Å². The van der Waals surface area contributed by atoms with Crippen LogP contribution in [0.15, 0.2) is 16.6 Å². The fourth-order valence-corrected chi connectivity index (χ4v) is 2.16. The van der Waals surface area contributed by atoms with E-state index in [0.29, 0.717) is 10.5 Å². The van der Waals surface area contributed by atoms with Gasteiger partial charge in [-0.15, -0.1) is 0 Å². The van der Waals surface area contributed by atoms with E-state index >= 15 is 0 Å². The van der Waals surface area contributed by atoms with Gasteiger partial charge in [-0.05, 0) is 44.5 Å². The van der Waals surface area contributed by atoms with Gasteiger partial charge in [-0.25, -0.2) is 8.78 Å². The van der Waals surface area contributed by atoms with Gasteiger partial charge in [0.25, 0.3) is 0 Å². The largest absolute Gasteiger partial charge is 0.314 e. The summed E-state index contributed by atoms with van der Waals surface area (Å²) in [5, 5.41) is 6.45. The van der Waals surface area contributed by atoms with Crippen molar-refractivity contribution in [1.29, 1.82) is 0 Å². The minimum absolute atomic E-state index is 0.105. The van der Waals surface area contributed by atoms with Crippen LogP contribution in [0, 0.1) is 11.6 Å². The van der Waals surface area contributed by atoms with E-state index in [1.54, 1.807) is 0 Å². The topological polar surface area (TPSA) is 24.1 Å². The molecular weight excluding hydrogens is 302 g/mol. The zero-order valence-electron chi connectivity index (χ0n) is 10.1. The Morgan fingerprint density at radius 2 is 1.83 bits per heavy atom. The molecule has 18 heavy (non-hydrogen) atoms. The molecule has 2 N–H and O–H groups in total. The lowest BCUT2D eigenvalue weighted by Crippen LogP contribution is -2.23. The maximum absolute atomic E-state index is 13.5. The van der Waals surface area contributed by atoms with Crippen molar-refractivity contribution in [1.82, 2.24) is 10.6 Å². The SMILES string of the molecule is Fc1cc(Br)cc(F)c1CNCCCNC1CC1. The van der Waals surface area contributed by atoms with Gasteiger partial charge >= 0.3 is 0 Å². The minimum Gasteiger partial charge on any atom is -0.314 e. The first-order chi connectivity index (χ1) is 8.66. The highest BCUT2D eigenvalue weighted by Gasteiger charge is 2.19. The molecule has 0 aliphatic heterocycles. The van der Waals surface area contributed by atoms with Crippen LogP contribution in [0.2, 0.25) is 0 Å². The van der Waals surface area contributed by atoms with Crippen LogP contribution in [-0.2, 0) is 6.54 Å². The molecule has 0 heterocycles. The standard InChI is InChI=1S/C13H17BrF2N2/c14-9-6-12(15)11(13(16)7-9)8-17-4-1-5-18-10-2-3-10/h6-7,10,17-18H,1-5,8H2. The van der Waals surface area contributed by atoms with E-state index in [4.69, 9.17) is 0 Å². The highest BCUT2D eigenvalue weighted by Crippen LogP contribution is 2.19. The highest BCUT2D eigenvalue weighted by atomic mass is 79.9. The van der Waals surface area contributed by atoms with E-state index in [2.05, 4.69) is 26.6 Å². The molecule has 0 radical (unpaired) electrons. The second-order valence-electron chi connectivity index (χ2n) is 4.61. The number of benzene rings is 1. The molecule has 1 aliphatic rings. The van der Waals surface area contributed by atoms with Gasteiger partial charge in [0.2, 0.25) is 0 Å². The maximum Gasteiger partial charge on any atom is 0.131 e. The van der Waals surface area contributed by atoms with Crippen LogP contribution in [0.25, 0.3) is 0 Å². The molecule has 0 unspecified atom stereocenters. The van der Waals surface area contributed by atoms with Gasteiger partial charge in [-0.2, -0.15) is 0 Å². The molecule has 2 nitrogen and oxygen atoms in total. The van der Waals surface area contributed by atoms with Gasteiger partial charge in [0, 0.05) is 22.6 Å². The lowest BCUT2D eigenvalue weighted by atomic mass is 10.2. The average molecular weight is 319 g/mol. The highest BCUT2D eigenvalue weighted by molar-refractivity contribution is 9.10. The second-order valence-corrected chi connectivity index (χ2v) is 5.52. The van der Waals surface area contributed by atoms with Crippen LogP contribution in [-0.4, -0.2) is 19.1 Å². The van der Waals surface area contributed by atoms with Crippen molar-refractivity contribution in [3.63, 3.8) is 0 Å². The van der Waals surface area contributed by atoms with E-state index in [9.17, 15) is 8.78 Å². The molecule has 1 aromatic rings. The summed E-state index contributed by atoms with van der Waals surface area (Å²) >= 11 is 3.06. The molecule has 0 amide bonds. The Hall–Kier alpha value is -0.520. The van der Waals surface area contributed by atoms with Gasteiger partial charge in [0.05, 0.1) is 0 Å². The van der Waals surface area contributed by atoms with Crippen molar-refractivity contribution in [2.24, 2.45) is 0 Å². The Bertz CT molecular complexity index is 385. The fraction of sp³-hybridized carbons (Fsp3) is 0.538. The third-order valence-electron chi connectivity index (χ3n) is 2.95. The summed E-state index contributed by atoms with van der Waals surface area (Å²) in [6.07, 6.45) is 3.53. The Morgan fingerprint density at radius 1 is 1.17 bits per heavy atom. The predicted molar refractivity (Wildman–Crippen MR) is 71.4 cm³/mol. The van der Waals surface area contributed by atoms with E-state index in [-0.39, 0.29) is 12.1 Å². The summed E-state index contributed by atoms with van der Waals surface area (Å²) in [7, 11) is 0. The van der Waals surface area contributed by atoms with E-state index < -0.39 is 11.6 Å². The number of halogens is 3. The Balaban J connectivity index is 1.68. The van der Waals surface area contributed by atoms with E-state index in [0.717, 1.165) is 19.5 Å². The van der Waals surface area contributed by atoms with Crippen molar-refractivity contribution in [3.05, 3.63) is 33.8 Å². The molecule has 0 bridgehead atoms. The summed E-state index contributed by atoms with van der Waals surface area (Å²) in [5.41, 5.74) is 0.105. The molecule has 0 spiro atoms. The smallest absolute Gasteiger partial charge is 0.131 e. The van der Waals surface area contributed by atoms with Crippen molar-refractivity contribution < 1.29 is 8.78 Å². The summed E-state index contributed by atoms with van der Waals surface area (Å²) < 4.78 is 27.4. The third kappa shape index (κ3) is 4.30. The fourth-order valence-electron chi connectivity index (χ4n) is 1.76. The van der Waals surface area contributed by atoms with Gasteiger partial charge < -0.3 is 10.6 Å². The lowest BCUT2D eigenvalue weighted by Gasteiger charge is -2.08. The van der Waals surface area contributed by atoms with Crippen molar-refractivity contribution >= 4 is 15.9 Å². The summed E-state index contributed by atoms with van der Waals surface area (Å²) in [5.74, 6) is -1.02. The van der Waals surface area contributed by atoms with Crippen molar-refractivity contribution in [2.75, 3.05) is 13.1 Å². The molecule has 1 aromatic carbocycles. The Kier molecular flexibility index (Phi) is 5.09. The van der Waals surface area contributed by atoms with Gasteiger partial charge in [0.1, 0.15) is 11.6 Å². The lowest BCUT2D eigenvalue weighted by molar-refractivity contribution is 0.526. The summed E-state index contributed by atoms with van der Waals surface area (Å²) in [6.45, 7) is 1.95. The van der Waals surface area contributed by atoms with Crippen LogP contribution in [0.1, 0.15) is 24.8 Å². The van der Waals surface area contributed by atoms with Crippen LogP contribution in [0.3, 0.4) is 0 Å². The van der Waals surface area contributed by atoms with Crippen molar-refractivity contribution in [2.45, 2.75) is 31.8 Å². The number of nitrogens with one attached hydrogen (secondary N) is 2. The van der Waals surface area contributed by atoms with Gasteiger partial charge in [0.15, 0.2) is 0 Å². The minimum atomic E-state index is -0.509. The van der Waals surface area contributed by atoms with Crippen molar-refractivity contribution in [3.8, 4) is 0 Å². The molecule has 5 heteroatoms. The van der Waals surface area contributed by atoms with Crippen LogP contribution in [0.5, 0.6) is 0 Å². The predicted octanol–water partition coefficient (Wildman–Crippen LogP) is 2.96. The Labute approximate surface area is 114 Å². The van der Waals surface area contributed by atoms with E-state index in [1.165, 1.54) is 25.0 Å². The molecule has 1 aliphatic carbocycles. The summed E-state index contributed by atoms with van der Waals surface area (Å²) in [4.78, 5) is 0. The molecule has 1 saturated carbocycles. The Morgan fingerprint density at radius 3 is 2.44 bits per heavy atom. The normalized spacial score (nSPS) is 15.1. The molecule has 1 fully saturated rings. The first-order valence-corrected chi connectivity index (χ1v) is 7.03. The average Bonchev–Trinajstić information content (AvgIpc) is 3.09. The molecular formula is C13H17BrF2N2. The second kappa shape index (κ2) is 6.59. The quantitative estimate of drug-likeness (QED) is 0.755. The third-order valence-corrected chi connectivity index (χ3v) is 3.41. The van der Waals surface area contributed by atoms with Crippen LogP contribution < -0.4 is 10.6 Å². The maximum atomic E-state index is 13.5. The zero-order chi connectivity index (χ0) is 13.0. The van der Waals surface area contributed by atoms with Crippen LogP contribution >= 0.6 is 15.9 Å².